The first kappa shape index (κ1) is 22.8. The van der Waals surface area contributed by atoms with Gasteiger partial charge in [0.05, 0.1) is 12.5 Å². The Bertz CT molecular complexity index is 994. The predicted octanol–water partition coefficient (Wildman–Crippen LogP) is 2.77. The lowest BCUT2D eigenvalue weighted by Crippen LogP contribution is -2.36. The number of nitrogens with one attached hydrogen (secondary N) is 2. The summed E-state index contributed by atoms with van der Waals surface area (Å²) < 4.78 is 10.6. The number of methoxy groups -OCH3 is 1. The summed E-state index contributed by atoms with van der Waals surface area (Å²) in [5.41, 5.74) is 4.66. The number of carbonyl (C=O) groups excluding carboxylic acids is 2. The van der Waals surface area contributed by atoms with Crippen molar-refractivity contribution in [1.82, 2.24) is 10.6 Å². The zero-order valence-corrected chi connectivity index (χ0v) is 18.5. The van der Waals surface area contributed by atoms with Gasteiger partial charge in [-0.3, -0.25) is 9.59 Å². The van der Waals surface area contributed by atoms with Crippen molar-refractivity contribution in [2.24, 2.45) is 11.8 Å². The summed E-state index contributed by atoms with van der Waals surface area (Å²) in [4.78, 5) is 35.3. The first-order valence-corrected chi connectivity index (χ1v) is 11.1. The molecule has 0 aliphatic heterocycles. The molecule has 1 saturated carbocycles. The number of hydrogen-bond donors (Lipinski definition) is 3. The van der Waals surface area contributed by atoms with Crippen LogP contribution in [-0.4, -0.2) is 56.0 Å². The maximum absolute atomic E-state index is 12.3. The van der Waals surface area contributed by atoms with Gasteiger partial charge in [0.25, 0.3) is 0 Å². The van der Waals surface area contributed by atoms with E-state index >= 15 is 0 Å². The van der Waals surface area contributed by atoms with Crippen molar-refractivity contribution >= 4 is 18.0 Å². The standard InChI is InChI=1S/C25H28N2O6/c1-32-16(11-23(28)29)13-26-24(30)21-10-15(21)12-27-25(31)33-14-22-19-8-4-2-6-17(19)18-7-3-5-9-20(18)22/h2-9,15-16,21-22H,10-14H2,1H3,(H,26,30)(H,27,31)(H,28,29)/t15-,16?,21-/m1/s1. The predicted molar refractivity (Wildman–Crippen MR) is 121 cm³/mol. The van der Waals surface area contributed by atoms with Gasteiger partial charge >= 0.3 is 12.1 Å². The van der Waals surface area contributed by atoms with Crippen LogP contribution in [0, 0.1) is 11.8 Å². The van der Waals surface area contributed by atoms with Crippen molar-refractivity contribution in [3.8, 4) is 11.1 Å². The van der Waals surface area contributed by atoms with E-state index in [1.807, 2.05) is 24.3 Å². The lowest BCUT2D eigenvalue weighted by atomic mass is 9.98. The number of rotatable bonds is 10. The number of carboxylic acids is 1. The van der Waals surface area contributed by atoms with Crippen molar-refractivity contribution in [2.75, 3.05) is 26.8 Å². The Balaban J connectivity index is 1.21. The number of hydrogen-bond acceptors (Lipinski definition) is 5. The Labute approximate surface area is 192 Å². The molecule has 1 fully saturated rings. The number of benzene rings is 2. The van der Waals surface area contributed by atoms with Crippen LogP contribution in [-0.2, 0) is 19.1 Å². The lowest BCUT2D eigenvalue weighted by molar-refractivity contribution is -0.140. The van der Waals surface area contributed by atoms with Crippen LogP contribution in [0.1, 0.15) is 29.9 Å². The van der Waals surface area contributed by atoms with Gasteiger partial charge in [0.15, 0.2) is 0 Å². The Hall–Kier alpha value is -3.39. The van der Waals surface area contributed by atoms with Crippen molar-refractivity contribution in [2.45, 2.75) is 24.9 Å². The molecular formula is C25H28N2O6. The third kappa shape index (κ3) is 5.34. The van der Waals surface area contributed by atoms with Crippen molar-refractivity contribution in [3.05, 3.63) is 59.7 Å². The Morgan fingerprint density at radius 3 is 2.27 bits per heavy atom. The summed E-state index contributed by atoms with van der Waals surface area (Å²) in [6.07, 6.45) is -0.563. The van der Waals surface area contributed by atoms with E-state index in [-0.39, 0.29) is 43.2 Å². The highest BCUT2D eigenvalue weighted by atomic mass is 16.5. The van der Waals surface area contributed by atoms with E-state index in [0.29, 0.717) is 13.0 Å². The Kier molecular flexibility index (Phi) is 6.93. The van der Waals surface area contributed by atoms with Gasteiger partial charge in [-0.15, -0.1) is 0 Å². The van der Waals surface area contributed by atoms with E-state index in [9.17, 15) is 14.4 Å². The molecule has 0 saturated heterocycles. The fraction of sp³-hybridized carbons (Fsp3) is 0.400. The molecule has 8 heteroatoms. The van der Waals surface area contributed by atoms with Crippen LogP contribution in [0.3, 0.4) is 0 Å². The molecule has 0 heterocycles. The third-order valence-corrected chi connectivity index (χ3v) is 6.35. The summed E-state index contributed by atoms with van der Waals surface area (Å²) in [5, 5.41) is 14.3. The highest BCUT2D eigenvalue weighted by Gasteiger charge is 2.43. The largest absolute Gasteiger partial charge is 0.481 e. The molecule has 33 heavy (non-hydrogen) atoms. The second kappa shape index (κ2) is 10.0. The van der Waals surface area contributed by atoms with Crippen LogP contribution in [0.2, 0.25) is 0 Å². The lowest BCUT2D eigenvalue weighted by Gasteiger charge is -2.15. The van der Waals surface area contributed by atoms with Crippen LogP contribution < -0.4 is 10.6 Å². The number of fused-ring (bicyclic) bond motifs is 3. The Morgan fingerprint density at radius 1 is 1.03 bits per heavy atom. The second-order valence-electron chi connectivity index (χ2n) is 8.51. The van der Waals surface area contributed by atoms with E-state index in [4.69, 9.17) is 14.6 Å². The number of carboxylic acid groups (broad SMARTS) is 1. The summed E-state index contributed by atoms with van der Waals surface area (Å²) in [7, 11) is 1.41. The van der Waals surface area contributed by atoms with E-state index in [2.05, 4.69) is 34.9 Å². The fourth-order valence-electron chi connectivity index (χ4n) is 4.44. The van der Waals surface area contributed by atoms with Gasteiger partial charge in [0.1, 0.15) is 6.61 Å². The molecule has 4 rings (SSSR count). The number of amides is 2. The molecule has 1 unspecified atom stereocenters. The first-order chi connectivity index (χ1) is 16.0. The van der Waals surface area contributed by atoms with Gasteiger partial charge in [-0.25, -0.2) is 4.79 Å². The quantitative estimate of drug-likeness (QED) is 0.511. The average Bonchev–Trinajstić information content (AvgIpc) is 3.53. The van der Waals surface area contributed by atoms with Crippen LogP contribution in [0.5, 0.6) is 0 Å². The molecule has 2 aliphatic rings. The number of alkyl carbamates (subject to hydrolysis) is 1. The normalized spacial score (nSPS) is 19.2. The minimum atomic E-state index is -0.979. The minimum absolute atomic E-state index is 0.00198. The number of aliphatic carboxylic acids is 1. The van der Waals surface area contributed by atoms with Crippen LogP contribution in [0.25, 0.3) is 11.1 Å². The highest BCUT2D eigenvalue weighted by molar-refractivity contribution is 5.82. The van der Waals surface area contributed by atoms with Crippen LogP contribution in [0.15, 0.2) is 48.5 Å². The van der Waals surface area contributed by atoms with Crippen LogP contribution in [0.4, 0.5) is 4.79 Å². The molecule has 0 spiro atoms. The second-order valence-corrected chi connectivity index (χ2v) is 8.51. The smallest absolute Gasteiger partial charge is 0.407 e. The maximum Gasteiger partial charge on any atom is 0.407 e. The SMILES string of the molecule is COC(CNC(=O)[C@@H]1C[C@@H]1CNC(=O)OCC1c2ccccc2-c2ccccc21)CC(=O)O. The Morgan fingerprint density at radius 2 is 1.67 bits per heavy atom. The van der Waals surface area contributed by atoms with Gasteiger partial charge in [0.2, 0.25) is 5.91 Å². The van der Waals surface area contributed by atoms with E-state index in [1.54, 1.807) is 0 Å². The molecular weight excluding hydrogens is 424 g/mol. The minimum Gasteiger partial charge on any atom is -0.481 e. The van der Waals surface area contributed by atoms with Crippen molar-refractivity contribution < 1.29 is 29.0 Å². The molecule has 3 N–H and O–H groups in total. The van der Waals surface area contributed by atoms with E-state index in [0.717, 1.165) is 11.1 Å². The highest BCUT2D eigenvalue weighted by Crippen LogP contribution is 2.44. The summed E-state index contributed by atoms with van der Waals surface area (Å²) >= 11 is 0. The molecule has 2 amide bonds. The average molecular weight is 453 g/mol. The van der Waals surface area contributed by atoms with Gasteiger partial charge in [0, 0.05) is 32.0 Å². The van der Waals surface area contributed by atoms with Crippen molar-refractivity contribution in [3.63, 3.8) is 0 Å². The fourth-order valence-corrected chi connectivity index (χ4v) is 4.44. The van der Waals surface area contributed by atoms with Gasteiger partial charge in [-0.05, 0) is 34.6 Å². The molecule has 3 atom stereocenters. The van der Waals surface area contributed by atoms with Gasteiger partial charge in [-0.2, -0.15) is 0 Å². The molecule has 0 aromatic heterocycles. The third-order valence-electron chi connectivity index (χ3n) is 6.35. The monoisotopic (exact) mass is 452 g/mol. The zero-order chi connectivity index (χ0) is 23.4. The molecule has 0 bridgehead atoms. The molecule has 2 aromatic carbocycles. The first-order valence-electron chi connectivity index (χ1n) is 11.1. The molecule has 0 radical (unpaired) electrons. The van der Waals surface area contributed by atoms with Gasteiger partial charge < -0.3 is 25.2 Å². The summed E-state index contributed by atoms with van der Waals surface area (Å²) in [5.74, 6) is -1.27. The maximum atomic E-state index is 12.3. The topological polar surface area (TPSA) is 114 Å². The van der Waals surface area contributed by atoms with E-state index in [1.165, 1.54) is 18.2 Å². The summed E-state index contributed by atoms with van der Waals surface area (Å²) in [6.45, 7) is 0.749. The molecule has 8 nitrogen and oxygen atoms in total. The molecule has 2 aliphatic carbocycles. The van der Waals surface area contributed by atoms with Gasteiger partial charge in [-0.1, -0.05) is 48.5 Å². The van der Waals surface area contributed by atoms with Crippen LogP contribution >= 0.6 is 0 Å². The molecule has 174 valence electrons. The summed E-state index contributed by atoms with van der Waals surface area (Å²) in [6, 6.07) is 16.3. The van der Waals surface area contributed by atoms with Crippen molar-refractivity contribution in [1.29, 1.82) is 0 Å². The number of carbonyl (C=O) groups is 3. The zero-order valence-electron chi connectivity index (χ0n) is 18.5. The molecule has 2 aromatic rings. The number of ether oxygens (including phenoxy) is 2. The van der Waals surface area contributed by atoms with E-state index < -0.39 is 18.2 Å².